The summed E-state index contributed by atoms with van der Waals surface area (Å²) in [4.78, 5) is 28.9. The average molecular weight is 214 g/mol. The Morgan fingerprint density at radius 3 is 2.17 bits per heavy atom. The summed E-state index contributed by atoms with van der Waals surface area (Å²) in [6, 6.07) is 0. The van der Waals surface area contributed by atoms with E-state index in [0.29, 0.717) is 0 Å². The van der Waals surface area contributed by atoms with Crippen LogP contribution in [0.25, 0.3) is 0 Å². The van der Waals surface area contributed by atoms with Gasteiger partial charge in [0, 0.05) is 0 Å². The van der Waals surface area contributed by atoms with E-state index >= 15 is 0 Å². The number of carbonyl (C=O) groups excluding carboxylic acids is 1. The molecule has 0 amide bonds. The summed E-state index contributed by atoms with van der Waals surface area (Å²) in [5.41, 5.74) is 0. The van der Waals surface area contributed by atoms with Crippen molar-refractivity contribution in [3.05, 3.63) is 0 Å². The summed E-state index contributed by atoms with van der Waals surface area (Å²) >= 11 is 0. The van der Waals surface area contributed by atoms with Crippen molar-refractivity contribution in [2.45, 2.75) is 6.10 Å². The minimum atomic E-state index is -5.05. The Morgan fingerprint density at radius 2 is 1.92 bits per heavy atom. The van der Waals surface area contributed by atoms with Crippen LogP contribution in [0.15, 0.2) is 0 Å². The number of hydrogen-bond donors (Lipinski definition) is 1. The second-order valence-corrected chi connectivity index (χ2v) is 2.60. The summed E-state index contributed by atoms with van der Waals surface area (Å²) in [7, 11) is -5.05. The van der Waals surface area contributed by atoms with E-state index in [2.05, 4.69) is 4.52 Å². The van der Waals surface area contributed by atoms with Crippen molar-refractivity contribution in [1.29, 1.82) is 0 Å². The van der Waals surface area contributed by atoms with E-state index in [4.69, 9.17) is 5.11 Å². The van der Waals surface area contributed by atoms with Gasteiger partial charge in [-0.3, -0.25) is 0 Å². The second-order valence-electron chi connectivity index (χ2n) is 1.45. The minimum Gasteiger partial charge on any atom is -0.790 e. The number of aliphatic hydroxyl groups is 1. The fourth-order valence-electron chi connectivity index (χ4n) is 0.207. The van der Waals surface area contributed by atoms with E-state index in [0.717, 1.165) is 0 Å². The Labute approximate surface area is 114 Å². The molecule has 0 radical (unpaired) electrons. The number of hydrogen-bond acceptors (Lipinski definition) is 6. The Bertz CT molecular complexity index is 157. The van der Waals surface area contributed by atoms with Crippen LogP contribution in [0, 0.1) is 0 Å². The van der Waals surface area contributed by atoms with E-state index in [-0.39, 0.29) is 65.4 Å². The predicted octanol–water partition coefficient (Wildman–Crippen LogP) is -8.60. The van der Waals surface area contributed by atoms with E-state index in [1.165, 1.54) is 0 Å². The molecule has 0 aliphatic rings. The van der Waals surface area contributed by atoms with Gasteiger partial charge in [-0.1, -0.05) is 0 Å². The van der Waals surface area contributed by atoms with Crippen LogP contribution < -0.4 is 68.9 Å². The number of aldehydes is 1. The zero-order valence-corrected chi connectivity index (χ0v) is 11.7. The molecule has 0 aromatic rings. The topological polar surface area (TPSA) is 110 Å². The number of phosphoric acid groups is 1. The smallest absolute Gasteiger partial charge is 0.790 e. The number of aliphatic hydroxyl groups excluding tert-OH is 1. The van der Waals surface area contributed by atoms with Gasteiger partial charge >= 0.3 is 59.1 Å². The van der Waals surface area contributed by atoms with Crippen LogP contribution in [-0.2, 0) is 13.9 Å². The van der Waals surface area contributed by atoms with Gasteiger partial charge < -0.3 is 28.8 Å². The summed E-state index contributed by atoms with van der Waals surface area (Å²) in [6.07, 6.45) is -1.49. The number of phosphoric ester groups is 1. The third-order valence-corrected chi connectivity index (χ3v) is 1.03. The first kappa shape index (κ1) is 19.3. The Balaban J connectivity index is -0.000000405. The fraction of sp³-hybridized carbons (Fsp3) is 0.667. The molecule has 1 unspecified atom stereocenters. The molecule has 1 atom stereocenters. The molecule has 0 heterocycles. The molecule has 0 aliphatic carbocycles. The third-order valence-electron chi connectivity index (χ3n) is 0.560. The van der Waals surface area contributed by atoms with Crippen LogP contribution in [-0.4, -0.2) is 24.1 Å². The van der Waals surface area contributed by atoms with Crippen LogP contribution in [0.5, 0.6) is 0 Å². The summed E-state index contributed by atoms with van der Waals surface area (Å²) in [5.74, 6) is 0. The van der Waals surface area contributed by atoms with Gasteiger partial charge in [-0.15, -0.1) is 0 Å². The average Bonchev–Trinajstić information content (AvgIpc) is 1.81. The molecular weight excluding hydrogens is 209 g/mol. The van der Waals surface area contributed by atoms with Crippen molar-refractivity contribution in [1.82, 2.24) is 0 Å². The molecular formula is C3H5Na2O6P. The Kier molecular flexibility index (Phi) is 15.0. The molecule has 9 heteroatoms. The molecule has 0 spiro atoms. The molecule has 0 aromatic carbocycles. The van der Waals surface area contributed by atoms with Gasteiger partial charge in [0.1, 0.15) is 6.10 Å². The van der Waals surface area contributed by atoms with Crippen molar-refractivity contribution in [2.75, 3.05) is 6.61 Å². The van der Waals surface area contributed by atoms with Crippen LogP contribution in [0.1, 0.15) is 0 Å². The van der Waals surface area contributed by atoms with Crippen LogP contribution in [0.4, 0.5) is 0 Å². The molecule has 60 valence electrons. The maximum atomic E-state index is 9.67. The Morgan fingerprint density at radius 1 is 1.50 bits per heavy atom. The summed E-state index contributed by atoms with van der Waals surface area (Å²) < 4.78 is 13.2. The molecule has 0 saturated carbocycles. The molecule has 1 N–H and O–H groups in total. The van der Waals surface area contributed by atoms with Gasteiger partial charge in [0.05, 0.1) is 14.4 Å². The first-order chi connectivity index (χ1) is 4.45. The Hall–Kier alpha value is 1.74. The van der Waals surface area contributed by atoms with Crippen molar-refractivity contribution >= 4 is 14.1 Å². The maximum absolute atomic E-state index is 9.67. The van der Waals surface area contributed by atoms with Crippen molar-refractivity contribution in [2.24, 2.45) is 0 Å². The third kappa shape index (κ3) is 14.3. The molecule has 0 saturated heterocycles. The van der Waals surface area contributed by atoms with E-state index < -0.39 is 20.5 Å². The largest absolute Gasteiger partial charge is 1.00 e. The van der Waals surface area contributed by atoms with Gasteiger partial charge in [0.2, 0.25) is 0 Å². The van der Waals surface area contributed by atoms with Crippen LogP contribution in [0.2, 0.25) is 0 Å². The van der Waals surface area contributed by atoms with Gasteiger partial charge in [-0.25, -0.2) is 0 Å². The molecule has 0 bridgehead atoms. The standard InChI is InChI=1S/C3H7O6P.2Na/c4-1-3(5)2-9-10(6,7)8;;/h1,3,5H,2H2,(H2,6,7,8);;/q;2*+1/p-2. The van der Waals surface area contributed by atoms with E-state index in [9.17, 15) is 19.1 Å². The second kappa shape index (κ2) is 9.30. The molecule has 0 rings (SSSR count). The number of carbonyl (C=O) groups is 1. The first-order valence-electron chi connectivity index (χ1n) is 2.25. The zero-order valence-electron chi connectivity index (χ0n) is 6.80. The summed E-state index contributed by atoms with van der Waals surface area (Å²) in [6.45, 7) is -0.812. The minimum absolute atomic E-state index is 0. The van der Waals surface area contributed by atoms with Gasteiger partial charge in [-0.05, 0) is 0 Å². The zero-order chi connectivity index (χ0) is 8.20. The van der Waals surface area contributed by atoms with Crippen molar-refractivity contribution < 1.29 is 87.9 Å². The van der Waals surface area contributed by atoms with Crippen molar-refractivity contribution in [3.8, 4) is 0 Å². The summed E-state index contributed by atoms with van der Waals surface area (Å²) in [5, 5.41) is 8.33. The van der Waals surface area contributed by atoms with Crippen LogP contribution >= 0.6 is 7.82 Å². The van der Waals surface area contributed by atoms with E-state index in [1.807, 2.05) is 0 Å². The van der Waals surface area contributed by atoms with Gasteiger partial charge in [-0.2, -0.15) is 0 Å². The maximum Gasteiger partial charge on any atom is 1.00 e. The van der Waals surface area contributed by atoms with Crippen molar-refractivity contribution in [3.63, 3.8) is 0 Å². The molecule has 0 fully saturated rings. The molecule has 6 nitrogen and oxygen atoms in total. The fourth-order valence-corrected chi connectivity index (χ4v) is 0.542. The molecule has 0 aliphatic heterocycles. The quantitative estimate of drug-likeness (QED) is 0.282. The predicted molar refractivity (Wildman–Crippen MR) is 25.6 cm³/mol. The molecule has 0 aromatic heterocycles. The SMILES string of the molecule is O=CC(O)COP(=O)([O-])[O-].[Na+].[Na+]. The molecule has 12 heavy (non-hydrogen) atoms. The van der Waals surface area contributed by atoms with Gasteiger partial charge in [0.25, 0.3) is 0 Å². The normalized spacial score (nSPS) is 12.2. The van der Waals surface area contributed by atoms with E-state index in [1.54, 1.807) is 0 Å². The monoisotopic (exact) mass is 214 g/mol. The van der Waals surface area contributed by atoms with Crippen LogP contribution in [0.3, 0.4) is 0 Å². The van der Waals surface area contributed by atoms with Gasteiger partial charge in [0.15, 0.2) is 6.29 Å². The number of rotatable bonds is 4. The first-order valence-corrected chi connectivity index (χ1v) is 3.72.